The van der Waals surface area contributed by atoms with Crippen LogP contribution in [0.15, 0.2) is 18.2 Å². The van der Waals surface area contributed by atoms with Crippen LogP contribution in [0.2, 0.25) is 0 Å². The molecule has 20 heavy (non-hydrogen) atoms. The summed E-state index contributed by atoms with van der Waals surface area (Å²) in [4.78, 5) is 14.4. The molecule has 3 rings (SSSR count). The van der Waals surface area contributed by atoms with Gasteiger partial charge in [-0.05, 0) is 37.5 Å². The lowest BCUT2D eigenvalue weighted by Crippen LogP contribution is -2.36. The van der Waals surface area contributed by atoms with E-state index in [9.17, 15) is 4.79 Å². The summed E-state index contributed by atoms with van der Waals surface area (Å²) in [6.45, 7) is 2.53. The highest BCUT2D eigenvalue weighted by molar-refractivity contribution is 6.06. The third-order valence-electron chi connectivity index (χ3n) is 3.84. The summed E-state index contributed by atoms with van der Waals surface area (Å²) in [5.74, 6) is -0.109. The second-order valence-corrected chi connectivity index (χ2v) is 5.05. The van der Waals surface area contributed by atoms with E-state index in [1.54, 1.807) is 16.6 Å². The highest BCUT2D eigenvalue weighted by atomic mass is 16.2. The summed E-state index contributed by atoms with van der Waals surface area (Å²) in [5, 5.41) is 7.88. The molecule has 2 aromatic rings. The number of nitrogens with zero attached hydrogens (tertiary/aromatic N) is 4. The lowest BCUT2D eigenvalue weighted by molar-refractivity contribution is 0.0979. The maximum atomic E-state index is 12.7. The number of hydrogen-bond acceptors (Lipinski definition) is 4. The SMILES string of the molecule is Cc1c(C(=O)N2CCCc3c(N)cccc32)nnn1C. The second kappa shape index (κ2) is 4.63. The Morgan fingerprint density at radius 1 is 1.40 bits per heavy atom. The van der Waals surface area contributed by atoms with Gasteiger partial charge in [-0.3, -0.25) is 9.48 Å². The van der Waals surface area contributed by atoms with E-state index >= 15 is 0 Å². The van der Waals surface area contributed by atoms with Gasteiger partial charge >= 0.3 is 0 Å². The molecule has 0 saturated carbocycles. The molecule has 1 aromatic carbocycles. The molecular weight excluding hydrogens is 254 g/mol. The normalized spacial score (nSPS) is 14.2. The van der Waals surface area contributed by atoms with E-state index in [2.05, 4.69) is 10.3 Å². The number of aromatic nitrogens is 3. The molecule has 0 bridgehead atoms. The number of amides is 1. The molecule has 0 unspecified atom stereocenters. The van der Waals surface area contributed by atoms with Crippen molar-refractivity contribution in [2.75, 3.05) is 17.2 Å². The minimum Gasteiger partial charge on any atom is -0.398 e. The number of carbonyl (C=O) groups excluding carboxylic acids is 1. The predicted molar refractivity (Wildman–Crippen MR) is 76.6 cm³/mol. The first-order valence-electron chi connectivity index (χ1n) is 6.65. The van der Waals surface area contributed by atoms with Crippen molar-refractivity contribution in [2.24, 2.45) is 7.05 Å². The first-order chi connectivity index (χ1) is 9.59. The van der Waals surface area contributed by atoms with E-state index in [1.165, 1.54) is 0 Å². The maximum Gasteiger partial charge on any atom is 0.280 e. The number of fused-ring (bicyclic) bond motifs is 1. The molecule has 1 aliphatic rings. The molecule has 2 heterocycles. The van der Waals surface area contributed by atoms with Gasteiger partial charge in [-0.25, -0.2) is 0 Å². The molecule has 0 atom stereocenters. The molecule has 1 aliphatic heterocycles. The number of hydrogen-bond donors (Lipinski definition) is 1. The number of carbonyl (C=O) groups is 1. The number of nitrogens with two attached hydrogens (primary N) is 1. The Balaban J connectivity index is 2.03. The average Bonchev–Trinajstić information content (AvgIpc) is 2.78. The van der Waals surface area contributed by atoms with Gasteiger partial charge < -0.3 is 10.6 Å². The van der Waals surface area contributed by atoms with E-state index in [1.807, 2.05) is 25.1 Å². The fraction of sp³-hybridized carbons (Fsp3) is 0.357. The molecule has 0 spiro atoms. The van der Waals surface area contributed by atoms with Crippen molar-refractivity contribution in [1.29, 1.82) is 0 Å². The molecule has 6 nitrogen and oxygen atoms in total. The summed E-state index contributed by atoms with van der Waals surface area (Å²) < 4.78 is 1.61. The highest BCUT2D eigenvalue weighted by Crippen LogP contribution is 2.32. The van der Waals surface area contributed by atoms with Crippen molar-refractivity contribution >= 4 is 17.3 Å². The second-order valence-electron chi connectivity index (χ2n) is 5.05. The molecule has 1 aromatic heterocycles. The predicted octanol–water partition coefficient (Wildman–Crippen LogP) is 1.30. The zero-order chi connectivity index (χ0) is 14.3. The Kier molecular flexibility index (Phi) is 2.93. The standard InChI is InChI=1S/C14H17N5O/c1-9-13(16-17-18(9)2)14(20)19-8-4-5-10-11(15)6-3-7-12(10)19/h3,6-7H,4-5,8,15H2,1-2H3. The molecule has 2 N–H and O–H groups in total. The van der Waals surface area contributed by atoms with Gasteiger partial charge in [-0.1, -0.05) is 11.3 Å². The van der Waals surface area contributed by atoms with Gasteiger partial charge in [0.05, 0.1) is 5.69 Å². The molecular formula is C14H17N5O. The summed E-state index contributed by atoms with van der Waals surface area (Å²) in [6, 6.07) is 5.69. The average molecular weight is 271 g/mol. The number of aryl methyl sites for hydroxylation is 1. The zero-order valence-electron chi connectivity index (χ0n) is 11.6. The van der Waals surface area contributed by atoms with Crippen LogP contribution >= 0.6 is 0 Å². The molecule has 0 aliphatic carbocycles. The van der Waals surface area contributed by atoms with Crippen molar-refractivity contribution in [3.05, 3.63) is 35.2 Å². The lowest BCUT2D eigenvalue weighted by Gasteiger charge is -2.29. The van der Waals surface area contributed by atoms with Crippen LogP contribution in [0, 0.1) is 6.92 Å². The van der Waals surface area contributed by atoms with E-state index in [4.69, 9.17) is 5.73 Å². The van der Waals surface area contributed by atoms with E-state index < -0.39 is 0 Å². The van der Waals surface area contributed by atoms with Crippen LogP contribution in [0.3, 0.4) is 0 Å². The van der Waals surface area contributed by atoms with Gasteiger partial charge in [0.15, 0.2) is 5.69 Å². The van der Waals surface area contributed by atoms with Crippen molar-refractivity contribution < 1.29 is 4.79 Å². The molecule has 0 fully saturated rings. The number of anilines is 2. The van der Waals surface area contributed by atoms with Crippen LogP contribution in [-0.4, -0.2) is 27.4 Å². The van der Waals surface area contributed by atoms with Crippen LogP contribution in [0.1, 0.15) is 28.2 Å². The minimum atomic E-state index is -0.109. The van der Waals surface area contributed by atoms with E-state index in [-0.39, 0.29) is 5.91 Å². The van der Waals surface area contributed by atoms with Crippen LogP contribution in [0.25, 0.3) is 0 Å². The van der Waals surface area contributed by atoms with Crippen LogP contribution < -0.4 is 10.6 Å². The van der Waals surface area contributed by atoms with Gasteiger partial charge in [-0.2, -0.15) is 0 Å². The minimum absolute atomic E-state index is 0.109. The van der Waals surface area contributed by atoms with Crippen molar-refractivity contribution in [1.82, 2.24) is 15.0 Å². The van der Waals surface area contributed by atoms with Crippen molar-refractivity contribution in [3.8, 4) is 0 Å². The Morgan fingerprint density at radius 3 is 2.90 bits per heavy atom. The van der Waals surface area contributed by atoms with Crippen LogP contribution in [0.4, 0.5) is 11.4 Å². The Morgan fingerprint density at radius 2 is 2.20 bits per heavy atom. The number of rotatable bonds is 1. The zero-order valence-corrected chi connectivity index (χ0v) is 11.6. The quantitative estimate of drug-likeness (QED) is 0.793. The van der Waals surface area contributed by atoms with Gasteiger partial charge in [0.25, 0.3) is 5.91 Å². The summed E-state index contributed by atoms with van der Waals surface area (Å²) in [7, 11) is 1.78. The molecule has 104 valence electrons. The smallest absolute Gasteiger partial charge is 0.280 e. The summed E-state index contributed by atoms with van der Waals surface area (Å²) in [5.41, 5.74) is 9.87. The lowest BCUT2D eigenvalue weighted by atomic mass is 9.99. The molecule has 6 heteroatoms. The topological polar surface area (TPSA) is 77.0 Å². The maximum absolute atomic E-state index is 12.7. The highest BCUT2D eigenvalue weighted by Gasteiger charge is 2.27. The van der Waals surface area contributed by atoms with Crippen LogP contribution in [0.5, 0.6) is 0 Å². The third kappa shape index (κ3) is 1.84. The molecule has 0 radical (unpaired) electrons. The Labute approximate surface area is 117 Å². The van der Waals surface area contributed by atoms with Gasteiger partial charge in [-0.15, -0.1) is 5.10 Å². The Bertz CT molecular complexity index is 676. The summed E-state index contributed by atoms with van der Waals surface area (Å²) >= 11 is 0. The van der Waals surface area contributed by atoms with Crippen LogP contribution in [-0.2, 0) is 13.5 Å². The fourth-order valence-electron chi connectivity index (χ4n) is 2.59. The van der Waals surface area contributed by atoms with E-state index in [0.29, 0.717) is 12.2 Å². The van der Waals surface area contributed by atoms with Crippen molar-refractivity contribution in [2.45, 2.75) is 19.8 Å². The van der Waals surface area contributed by atoms with E-state index in [0.717, 1.165) is 35.5 Å². The monoisotopic (exact) mass is 271 g/mol. The molecule has 1 amide bonds. The Hall–Kier alpha value is -2.37. The molecule has 0 saturated heterocycles. The van der Waals surface area contributed by atoms with Gasteiger partial charge in [0.2, 0.25) is 0 Å². The van der Waals surface area contributed by atoms with Crippen molar-refractivity contribution in [3.63, 3.8) is 0 Å². The first kappa shape index (κ1) is 12.7. The third-order valence-corrected chi connectivity index (χ3v) is 3.84. The largest absolute Gasteiger partial charge is 0.398 e. The van der Waals surface area contributed by atoms with Gasteiger partial charge in [0, 0.05) is 25.0 Å². The van der Waals surface area contributed by atoms with Gasteiger partial charge in [0.1, 0.15) is 0 Å². The number of benzene rings is 1. The summed E-state index contributed by atoms with van der Waals surface area (Å²) in [6.07, 6.45) is 1.82. The fourth-order valence-corrected chi connectivity index (χ4v) is 2.59. The number of nitrogen functional groups attached to an aromatic ring is 1. The first-order valence-corrected chi connectivity index (χ1v) is 6.65.